The van der Waals surface area contributed by atoms with Crippen molar-refractivity contribution in [2.75, 3.05) is 79.9 Å². The number of aromatic nitrogens is 4. The maximum atomic E-state index is 15.0. The summed E-state index contributed by atoms with van der Waals surface area (Å²) in [6.45, 7) is 7.64. The molecule has 3 fully saturated rings. The van der Waals surface area contributed by atoms with Crippen molar-refractivity contribution in [1.29, 1.82) is 0 Å². The van der Waals surface area contributed by atoms with E-state index in [-0.39, 0.29) is 62.6 Å². The van der Waals surface area contributed by atoms with Gasteiger partial charge in [-0.15, -0.1) is 11.8 Å². The van der Waals surface area contributed by atoms with Crippen LogP contribution in [0.3, 0.4) is 0 Å². The molecule has 420 valence electrons. The van der Waals surface area contributed by atoms with Crippen LogP contribution in [-0.4, -0.2) is 139 Å². The number of carbonyl (C=O) groups is 3. The highest BCUT2D eigenvalue weighted by Crippen LogP contribution is 2.42. The van der Waals surface area contributed by atoms with Crippen molar-refractivity contribution in [3.05, 3.63) is 137 Å². The monoisotopic (exact) mass is 1130 g/mol. The first-order valence-electron chi connectivity index (χ1n) is 25.8. The molecule has 5 aliphatic rings. The summed E-state index contributed by atoms with van der Waals surface area (Å²) in [5.74, 6) is -7.10. The van der Waals surface area contributed by atoms with E-state index >= 15 is 4.39 Å². The van der Waals surface area contributed by atoms with Crippen molar-refractivity contribution < 1.29 is 56.8 Å². The van der Waals surface area contributed by atoms with Crippen LogP contribution in [0.25, 0.3) is 38.5 Å². The Balaban J connectivity index is 0.000000135. The molecule has 0 spiro atoms. The summed E-state index contributed by atoms with van der Waals surface area (Å²) in [5.41, 5.74) is 5.02. The highest BCUT2D eigenvalue weighted by molar-refractivity contribution is 7.99. The third-order valence-electron chi connectivity index (χ3n) is 15.3. The number of rotatable bonds is 7. The molecule has 3 saturated heterocycles. The van der Waals surface area contributed by atoms with Gasteiger partial charge in [0, 0.05) is 112 Å². The number of pyridine rings is 4. The lowest BCUT2D eigenvalue weighted by atomic mass is 9.93. The molecule has 2 unspecified atom stereocenters. The maximum absolute atomic E-state index is 15.0. The fraction of sp³-hybridized carbons (Fsp3) is 0.364. The van der Waals surface area contributed by atoms with E-state index in [4.69, 9.17) is 5.73 Å². The van der Waals surface area contributed by atoms with Crippen LogP contribution in [0, 0.1) is 29.1 Å². The number of fused-ring (bicyclic) bond motifs is 1. The SMILES string of the molecule is CC1CCc2c(N3CCC(O)CC3)c(F)cc3c(=O)c(C(=O)O)cn1c23.CN1CCN(c2c(F)cc3c(=O)c(C(=O)O)cn4c3c2SCC4)CC1.NC1CCN(c2nc3c(cc2F)c(=O)c(C(=O)O)cn3-c2ccc(F)cc2F)C1. The number of aliphatic hydroxyl groups is 1. The predicted octanol–water partition coefficient (Wildman–Crippen LogP) is 6.04. The van der Waals surface area contributed by atoms with Crippen LogP contribution in [0.15, 0.2) is 74.3 Å². The Kier molecular flexibility index (Phi) is 15.2. The number of nitrogens with two attached hydrogens (primary N) is 1. The second kappa shape index (κ2) is 22.0. The van der Waals surface area contributed by atoms with Crippen LogP contribution >= 0.6 is 11.8 Å². The second-order valence-electron chi connectivity index (χ2n) is 20.5. The van der Waals surface area contributed by atoms with E-state index in [1.165, 1.54) is 36.3 Å². The zero-order chi connectivity index (χ0) is 57.2. The lowest BCUT2D eigenvalue weighted by molar-refractivity contribution is 0.0684. The van der Waals surface area contributed by atoms with E-state index in [9.17, 15) is 66.8 Å². The summed E-state index contributed by atoms with van der Waals surface area (Å²) in [4.78, 5) is 84.6. The minimum Gasteiger partial charge on any atom is -0.477 e. The summed E-state index contributed by atoms with van der Waals surface area (Å²) < 4.78 is 77.0. The number of carboxylic acid groups (broad SMARTS) is 3. The zero-order valence-electron chi connectivity index (χ0n) is 43.2. The van der Waals surface area contributed by atoms with Crippen molar-refractivity contribution >= 4 is 79.7 Å². The van der Waals surface area contributed by atoms with Gasteiger partial charge in [-0.1, -0.05) is 0 Å². The van der Waals surface area contributed by atoms with Gasteiger partial charge in [0.1, 0.15) is 40.0 Å². The molecule has 0 bridgehead atoms. The molecule has 6 N–H and O–H groups in total. The summed E-state index contributed by atoms with van der Waals surface area (Å²) in [6, 6.07) is 5.82. The summed E-state index contributed by atoms with van der Waals surface area (Å²) in [5, 5.41) is 37.6. The number of aliphatic hydroxyl groups excluding tert-OH is 1. The molecular formula is C55H54F5N9O10S. The Hall–Kier alpha value is -7.87. The number of hydrogen-bond acceptors (Lipinski definition) is 14. The number of aromatic carboxylic acids is 3. The molecule has 0 amide bonds. The van der Waals surface area contributed by atoms with Crippen molar-refractivity contribution in [2.24, 2.45) is 5.73 Å². The Morgan fingerprint density at radius 3 is 1.85 bits per heavy atom. The van der Waals surface area contributed by atoms with Crippen molar-refractivity contribution in [3.63, 3.8) is 0 Å². The van der Waals surface area contributed by atoms with Gasteiger partial charge >= 0.3 is 17.9 Å². The van der Waals surface area contributed by atoms with E-state index in [1.807, 2.05) is 23.8 Å². The molecule has 9 heterocycles. The van der Waals surface area contributed by atoms with Crippen LogP contribution < -0.4 is 36.7 Å². The van der Waals surface area contributed by atoms with E-state index in [1.54, 1.807) is 14.0 Å². The molecule has 0 saturated carbocycles. The number of carboxylic acids is 3. The van der Waals surface area contributed by atoms with Crippen molar-refractivity contribution in [1.82, 2.24) is 23.6 Å². The lowest BCUT2D eigenvalue weighted by Gasteiger charge is -2.36. The Bertz CT molecular complexity index is 3900. The van der Waals surface area contributed by atoms with Crippen LogP contribution in [0.1, 0.15) is 75.3 Å². The number of piperazine rings is 1. The number of anilines is 3. The Morgan fingerprint density at radius 1 is 0.650 bits per heavy atom. The van der Waals surface area contributed by atoms with Gasteiger partial charge in [0.2, 0.25) is 16.3 Å². The average Bonchev–Trinajstić information content (AvgIpc) is 3.86. The van der Waals surface area contributed by atoms with Crippen LogP contribution in [0.4, 0.5) is 39.1 Å². The minimum atomic E-state index is -1.57. The summed E-state index contributed by atoms with van der Waals surface area (Å²) in [6.07, 6.45) is 6.49. The molecule has 2 atom stereocenters. The molecule has 0 radical (unpaired) electrons. The smallest absolute Gasteiger partial charge is 0.341 e. The third kappa shape index (κ3) is 10.2. The summed E-state index contributed by atoms with van der Waals surface area (Å²) in [7, 11) is 2.04. The topological polar surface area (TPSA) is 250 Å². The van der Waals surface area contributed by atoms with Gasteiger partial charge in [-0.05, 0) is 76.4 Å². The molecule has 25 heteroatoms. The molecule has 0 aliphatic carbocycles. The molecule has 80 heavy (non-hydrogen) atoms. The molecule has 3 aromatic carbocycles. The normalized spacial score (nSPS) is 18.3. The average molecular weight is 1130 g/mol. The highest BCUT2D eigenvalue weighted by Gasteiger charge is 2.32. The molecule has 19 nitrogen and oxygen atoms in total. The fourth-order valence-electron chi connectivity index (χ4n) is 11.2. The highest BCUT2D eigenvalue weighted by atomic mass is 32.2. The van der Waals surface area contributed by atoms with Crippen LogP contribution in [0.2, 0.25) is 0 Å². The van der Waals surface area contributed by atoms with Gasteiger partial charge in [-0.3, -0.25) is 19.0 Å². The number of piperidine rings is 1. The second-order valence-corrected chi connectivity index (χ2v) is 21.6. The van der Waals surface area contributed by atoms with Crippen LogP contribution in [0.5, 0.6) is 0 Å². The zero-order valence-corrected chi connectivity index (χ0v) is 44.0. The van der Waals surface area contributed by atoms with Gasteiger partial charge in [0.15, 0.2) is 17.3 Å². The Morgan fingerprint density at radius 2 is 1.23 bits per heavy atom. The van der Waals surface area contributed by atoms with Gasteiger partial charge < -0.3 is 54.9 Å². The number of thioether (sulfide) groups is 1. The number of aryl methyl sites for hydroxylation is 2. The lowest BCUT2D eigenvalue weighted by Crippen LogP contribution is -2.45. The van der Waals surface area contributed by atoms with E-state index < -0.39 is 68.8 Å². The van der Waals surface area contributed by atoms with Gasteiger partial charge in [-0.25, -0.2) is 41.3 Å². The standard InChI is InChI=1S/C19H15F3N4O3.C19H21FN2O4.C17H18FN3O3S/c20-9-1-2-15(13(21)5-9)26-8-12(19(28)29)16(27)11-6-14(22)18(24-17(11)26)25-4-3-10(23)7-25;1-10-2-3-12-16-13(18(24)14(19(25)26)9-22(10)16)8-15(20)17(12)21-6-4-11(23)5-7-21;1-19-2-4-20(5-3-19)14-12(18)8-10-13-16(14)25-7-6-21(13)9-11(15(10)22)17(23)24/h1-2,5-6,8,10H,3-4,7,23H2,(H,28,29);8-11,23H,2-7H2,1H3,(H,25,26);8-9H,2-7H2,1H3,(H,23,24). The summed E-state index contributed by atoms with van der Waals surface area (Å²) >= 11 is 1.54. The molecule has 5 aliphatic heterocycles. The third-order valence-corrected chi connectivity index (χ3v) is 16.4. The first kappa shape index (κ1) is 55.4. The van der Waals surface area contributed by atoms with E-state index in [0.29, 0.717) is 92.6 Å². The number of hydrogen-bond donors (Lipinski definition) is 5. The first-order valence-corrected chi connectivity index (χ1v) is 26.8. The predicted molar refractivity (Wildman–Crippen MR) is 290 cm³/mol. The molecule has 7 aromatic rings. The number of benzene rings is 3. The Labute approximate surface area is 455 Å². The van der Waals surface area contributed by atoms with E-state index in [0.717, 1.165) is 72.0 Å². The first-order chi connectivity index (χ1) is 38.1. The van der Waals surface area contributed by atoms with E-state index in [2.05, 4.69) is 9.88 Å². The maximum Gasteiger partial charge on any atom is 0.341 e. The van der Waals surface area contributed by atoms with Crippen molar-refractivity contribution in [3.8, 4) is 5.69 Å². The fourth-order valence-corrected chi connectivity index (χ4v) is 12.4. The minimum absolute atomic E-state index is 0.0326. The quantitative estimate of drug-likeness (QED) is 0.114. The largest absolute Gasteiger partial charge is 0.477 e. The molecule has 12 rings (SSSR count). The van der Waals surface area contributed by atoms with Crippen molar-refractivity contribution in [2.45, 2.75) is 68.7 Å². The molecule has 4 aromatic heterocycles. The van der Waals surface area contributed by atoms with Gasteiger partial charge in [0.25, 0.3) is 0 Å². The molecular weight excluding hydrogens is 1070 g/mol. The van der Waals surface area contributed by atoms with Gasteiger partial charge in [0.05, 0.1) is 49.9 Å². The number of likely N-dealkylation sites (N-methyl/N-ethyl adjacent to an activating group) is 1. The van der Waals surface area contributed by atoms with Gasteiger partial charge in [-0.2, -0.15) is 0 Å². The number of halogens is 5. The van der Waals surface area contributed by atoms with Crippen LogP contribution in [-0.2, 0) is 13.0 Å². The number of nitrogens with zero attached hydrogens (tertiary/aromatic N) is 8.